The van der Waals surface area contributed by atoms with Crippen LogP contribution in [0.3, 0.4) is 0 Å². The standard InChI is InChI=1S/C14H20N2O2S/c1-12-7-9-16(10-8-12)19(17,18)14-5-3-13(4-6-14)11-15-2/h3-7,15H,8-11H2,1-2H3. The molecule has 0 atom stereocenters. The molecular formula is C14H20N2O2S. The highest BCUT2D eigenvalue weighted by Gasteiger charge is 2.25. The molecule has 1 aliphatic rings. The summed E-state index contributed by atoms with van der Waals surface area (Å²) in [7, 11) is -1.48. The van der Waals surface area contributed by atoms with Gasteiger partial charge in [-0.2, -0.15) is 4.31 Å². The summed E-state index contributed by atoms with van der Waals surface area (Å²) in [5.74, 6) is 0. The Kier molecular flexibility index (Phi) is 4.39. The number of sulfonamides is 1. The zero-order chi connectivity index (χ0) is 13.9. The highest BCUT2D eigenvalue weighted by atomic mass is 32.2. The van der Waals surface area contributed by atoms with Crippen LogP contribution >= 0.6 is 0 Å². The smallest absolute Gasteiger partial charge is 0.243 e. The highest BCUT2D eigenvalue weighted by molar-refractivity contribution is 7.89. The van der Waals surface area contributed by atoms with Gasteiger partial charge in [-0.05, 0) is 38.1 Å². The van der Waals surface area contributed by atoms with Crippen molar-refractivity contribution < 1.29 is 8.42 Å². The Morgan fingerprint density at radius 1 is 1.26 bits per heavy atom. The number of nitrogens with one attached hydrogen (secondary N) is 1. The Morgan fingerprint density at radius 2 is 1.95 bits per heavy atom. The van der Waals surface area contributed by atoms with E-state index in [4.69, 9.17) is 0 Å². The number of benzene rings is 1. The van der Waals surface area contributed by atoms with E-state index in [0.717, 1.165) is 18.5 Å². The Balaban J connectivity index is 2.20. The van der Waals surface area contributed by atoms with Crippen LogP contribution in [-0.2, 0) is 16.6 Å². The van der Waals surface area contributed by atoms with Crippen molar-refractivity contribution in [2.75, 3.05) is 20.1 Å². The third kappa shape index (κ3) is 3.23. The summed E-state index contributed by atoms with van der Waals surface area (Å²) in [5.41, 5.74) is 2.34. The van der Waals surface area contributed by atoms with Crippen molar-refractivity contribution in [3.8, 4) is 0 Å². The molecule has 4 nitrogen and oxygen atoms in total. The van der Waals surface area contributed by atoms with E-state index in [1.807, 2.05) is 32.2 Å². The van der Waals surface area contributed by atoms with Crippen molar-refractivity contribution in [2.45, 2.75) is 24.8 Å². The SMILES string of the molecule is CNCc1ccc(S(=O)(=O)N2CC=C(C)CC2)cc1. The van der Waals surface area contributed by atoms with E-state index in [0.29, 0.717) is 18.0 Å². The molecule has 0 amide bonds. The Hall–Kier alpha value is -1.17. The summed E-state index contributed by atoms with van der Waals surface area (Å²) in [6.07, 6.45) is 2.80. The molecule has 1 aromatic carbocycles. The third-order valence-corrected chi connectivity index (χ3v) is 5.22. The van der Waals surface area contributed by atoms with Crippen molar-refractivity contribution in [3.63, 3.8) is 0 Å². The van der Waals surface area contributed by atoms with E-state index in [1.165, 1.54) is 9.88 Å². The first-order valence-electron chi connectivity index (χ1n) is 6.43. The van der Waals surface area contributed by atoms with E-state index in [1.54, 1.807) is 12.1 Å². The average molecular weight is 280 g/mol. The van der Waals surface area contributed by atoms with Gasteiger partial charge in [-0.25, -0.2) is 8.42 Å². The van der Waals surface area contributed by atoms with Crippen molar-refractivity contribution in [3.05, 3.63) is 41.5 Å². The molecule has 0 saturated carbocycles. The maximum Gasteiger partial charge on any atom is 0.243 e. The van der Waals surface area contributed by atoms with Gasteiger partial charge in [-0.3, -0.25) is 0 Å². The number of rotatable bonds is 4. The minimum absolute atomic E-state index is 0.375. The van der Waals surface area contributed by atoms with E-state index >= 15 is 0 Å². The lowest BCUT2D eigenvalue weighted by atomic mass is 10.1. The lowest BCUT2D eigenvalue weighted by Gasteiger charge is -2.24. The largest absolute Gasteiger partial charge is 0.316 e. The average Bonchev–Trinajstić information content (AvgIpc) is 2.40. The number of hydrogen-bond donors (Lipinski definition) is 1. The van der Waals surface area contributed by atoms with Gasteiger partial charge in [0, 0.05) is 19.6 Å². The first kappa shape index (κ1) is 14.2. The van der Waals surface area contributed by atoms with Crippen LogP contribution in [0.4, 0.5) is 0 Å². The normalized spacial score (nSPS) is 17.3. The van der Waals surface area contributed by atoms with Crippen LogP contribution in [0.25, 0.3) is 0 Å². The van der Waals surface area contributed by atoms with Gasteiger partial charge in [0.25, 0.3) is 0 Å². The van der Waals surface area contributed by atoms with E-state index in [9.17, 15) is 8.42 Å². The molecule has 0 bridgehead atoms. The van der Waals surface area contributed by atoms with Gasteiger partial charge < -0.3 is 5.32 Å². The van der Waals surface area contributed by atoms with Gasteiger partial charge in [0.2, 0.25) is 10.0 Å². The van der Waals surface area contributed by atoms with Crippen LogP contribution in [0.1, 0.15) is 18.9 Å². The minimum Gasteiger partial charge on any atom is -0.316 e. The van der Waals surface area contributed by atoms with Crippen LogP contribution in [0.5, 0.6) is 0 Å². The molecule has 1 N–H and O–H groups in total. The molecule has 0 saturated heterocycles. The zero-order valence-corrected chi connectivity index (χ0v) is 12.2. The van der Waals surface area contributed by atoms with Crippen molar-refractivity contribution in [1.29, 1.82) is 0 Å². The lowest BCUT2D eigenvalue weighted by molar-refractivity contribution is 0.431. The molecule has 19 heavy (non-hydrogen) atoms. The molecule has 2 rings (SSSR count). The zero-order valence-electron chi connectivity index (χ0n) is 11.4. The second-order valence-electron chi connectivity index (χ2n) is 4.84. The van der Waals surface area contributed by atoms with Crippen molar-refractivity contribution in [2.24, 2.45) is 0 Å². The maximum atomic E-state index is 12.4. The summed E-state index contributed by atoms with van der Waals surface area (Å²) in [5, 5.41) is 3.04. The Bertz CT molecular complexity index is 562. The molecule has 1 aliphatic heterocycles. The van der Waals surface area contributed by atoms with Crippen LogP contribution in [0.2, 0.25) is 0 Å². The molecule has 5 heteroatoms. The monoisotopic (exact) mass is 280 g/mol. The summed E-state index contributed by atoms with van der Waals surface area (Å²) < 4.78 is 26.4. The predicted molar refractivity (Wildman–Crippen MR) is 76.3 cm³/mol. The molecule has 104 valence electrons. The number of nitrogens with zero attached hydrogens (tertiary/aromatic N) is 1. The Morgan fingerprint density at radius 3 is 2.47 bits per heavy atom. The fraction of sp³-hybridized carbons (Fsp3) is 0.429. The summed E-state index contributed by atoms with van der Waals surface area (Å²) >= 11 is 0. The van der Waals surface area contributed by atoms with Crippen LogP contribution in [0.15, 0.2) is 40.8 Å². The molecule has 1 heterocycles. The first-order chi connectivity index (χ1) is 9.04. The second-order valence-corrected chi connectivity index (χ2v) is 6.78. The van der Waals surface area contributed by atoms with Crippen LogP contribution in [-0.4, -0.2) is 32.9 Å². The summed E-state index contributed by atoms with van der Waals surface area (Å²) in [6.45, 7) is 3.83. The topological polar surface area (TPSA) is 49.4 Å². The summed E-state index contributed by atoms with van der Waals surface area (Å²) in [6, 6.07) is 7.09. The van der Waals surface area contributed by atoms with Gasteiger partial charge in [0.1, 0.15) is 0 Å². The first-order valence-corrected chi connectivity index (χ1v) is 7.87. The van der Waals surface area contributed by atoms with Gasteiger partial charge in [-0.1, -0.05) is 23.8 Å². The summed E-state index contributed by atoms with van der Waals surface area (Å²) in [4.78, 5) is 0.375. The minimum atomic E-state index is -3.35. The van der Waals surface area contributed by atoms with E-state index in [2.05, 4.69) is 5.32 Å². The maximum absolute atomic E-state index is 12.4. The molecular weight excluding hydrogens is 260 g/mol. The van der Waals surface area contributed by atoms with Crippen LogP contribution < -0.4 is 5.32 Å². The number of hydrogen-bond acceptors (Lipinski definition) is 3. The molecule has 0 spiro atoms. The second kappa shape index (κ2) is 5.86. The fourth-order valence-electron chi connectivity index (χ4n) is 2.10. The van der Waals surface area contributed by atoms with Crippen LogP contribution in [0, 0.1) is 0 Å². The predicted octanol–water partition coefficient (Wildman–Crippen LogP) is 1.75. The van der Waals surface area contributed by atoms with Gasteiger partial charge in [0.15, 0.2) is 0 Å². The van der Waals surface area contributed by atoms with Gasteiger partial charge >= 0.3 is 0 Å². The molecule has 0 unspecified atom stereocenters. The molecule has 0 radical (unpaired) electrons. The van der Waals surface area contributed by atoms with Gasteiger partial charge in [0.05, 0.1) is 4.90 Å². The van der Waals surface area contributed by atoms with E-state index < -0.39 is 10.0 Å². The van der Waals surface area contributed by atoms with Crippen molar-refractivity contribution >= 4 is 10.0 Å². The fourth-order valence-corrected chi connectivity index (χ4v) is 3.48. The molecule has 0 aliphatic carbocycles. The Labute approximate surface area is 115 Å². The van der Waals surface area contributed by atoms with E-state index in [-0.39, 0.29) is 0 Å². The lowest BCUT2D eigenvalue weighted by Crippen LogP contribution is -2.34. The molecule has 0 aromatic heterocycles. The third-order valence-electron chi connectivity index (χ3n) is 3.34. The highest BCUT2D eigenvalue weighted by Crippen LogP contribution is 2.20. The van der Waals surface area contributed by atoms with Gasteiger partial charge in [-0.15, -0.1) is 0 Å². The molecule has 0 fully saturated rings. The van der Waals surface area contributed by atoms with Crippen molar-refractivity contribution in [1.82, 2.24) is 9.62 Å². The molecule has 1 aromatic rings. The quantitative estimate of drug-likeness (QED) is 0.855.